The number of anilines is 1. The van der Waals surface area contributed by atoms with Crippen molar-refractivity contribution in [3.63, 3.8) is 0 Å². The van der Waals surface area contributed by atoms with E-state index in [9.17, 15) is 13.2 Å². The van der Waals surface area contributed by atoms with E-state index >= 15 is 0 Å². The van der Waals surface area contributed by atoms with E-state index in [4.69, 9.17) is 5.26 Å². The second-order valence-electron chi connectivity index (χ2n) is 4.96. The Hall–Kier alpha value is -1.70. The molecule has 0 amide bonds. The van der Waals surface area contributed by atoms with Crippen LogP contribution in [0, 0.1) is 29.1 Å². The van der Waals surface area contributed by atoms with Crippen LogP contribution in [0.4, 0.5) is 18.9 Å². The molecule has 1 aliphatic heterocycles. The van der Waals surface area contributed by atoms with Gasteiger partial charge in [0.15, 0.2) is 0 Å². The lowest BCUT2D eigenvalue weighted by Crippen LogP contribution is -2.28. The fraction of sp³-hybridized carbons (Fsp3) is 0.462. The Balaban J connectivity index is 1.67. The van der Waals surface area contributed by atoms with Crippen LogP contribution in [-0.2, 0) is 0 Å². The van der Waals surface area contributed by atoms with Crippen LogP contribution in [-0.4, -0.2) is 19.3 Å². The van der Waals surface area contributed by atoms with Gasteiger partial charge in [-0.15, -0.1) is 0 Å². The summed E-state index contributed by atoms with van der Waals surface area (Å²) in [6.45, 7) is 0.946. The Kier molecular flexibility index (Phi) is 2.31. The third kappa shape index (κ3) is 1.72. The highest BCUT2D eigenvalue weighted by Gasteiger charge is 2.67. The molecular formula is C13H11F3N2. The zero-order valence-electron chi connectivity index (χ0n) is 9.48. The zero-order valence-corrected chi connectivity index (χ0v) is 9.48. The molecule has 2 fully saturated rings. The van der Waals surface area contributed by atoms with Gasteiger partial charge in [0.1, 0.15) is 0 Å². The quantitative estimate of drug-likeness (QED) is 0.768. The van der Waals surface area contributed by atoms with Gasteiger partial charge >= 0.3 is 6.18 Å². The van der Waals surface area contributed by atoms with Crippen molar-refractivity contribution in [2.75, 3.05) is 18.0 Å². The number of alkyl halides is 3. The summed E-state index contributed by atoms with van der Waals surface area (Å²) in [6.07, 6.45) is -4.04. The topological polar surface area (TPSA) is 27.0 Å². The van der Waals surface area contributed by atoms with Crippen LogP contribution < -0.4 is 4.90 Å². The SMILES string of the molecule is N#Cc1ccc(N2CC3C(C2)C3C(F)(F)F)cc1. The predicted molar refractivity (Wildman–Crippen MR) is 59.9 cm³/mol. The highest BCUT2D eigenvalue weighted by Crippen LogP contribution is 2.59. The number of nitrogens with zero attached hydrogens (tertiary/aromatic N) is 2. The second kappa shape index (κ2) is 3.64. The van der Waals surface area contributed by atoms with Crippen molar-refractivity contribution in [3.8, 4) is 6.07 Å². The van der Waals surface area contributed by atoms with E-state index < -0.39 is 12.1 Å². The molecule has 3 rings (SSSR count). The average Bonchev–Trinajstić information content (AvgIpc) is 2.87. The maximum absolute atomic E-state index is 12.5. The molecule has 1 aromatic carbocycles. The first-order chi connectivity index (χ1) is 8.50. The van der Waals surface area contributed by atoms with Gasteiger partial charge in [-0.1, -0.05) is 0 Å². The van der Waals surface area contributed by atoms with E-state index in [0.29, 0.717) is 18.7 Å². The summed E-state index contributed by atoms with van der Waals surface area (Å²) in [6, 6.07) is 9.01. The monoisotopic (exact) mass is 252 g/mol. The van der Waals surface area contributed by atoms with E-state index in [-0.39, 0.29) is 11.8 Å². The zero-order chi connectivity index (χ0) is 12.9. The van der Waals surface area contributed by atoms with E-state index in [1.54, 1.807) is 24.3 Å². The molecule has 1 saturated carbocycles. The molecule has 2 unspecified atom stereocenters. The van der Waals surface area contributed by atoms with Crippen molar-refractivity contribution in [1.82, 2.24) is 0 Å². The minimum Gasteiger partial charge on any atom is -0.371 e. The maximum atomic E-state index is 12.5. The standard InChI is InChI=1S/C13H11F3N2/c14-13(15,16)12-10-6-18(7-11(10)12)9-3-1-8(5-17)2-4-9/h1-4,10-12H,6-7H2. The molecule has 0 bridgehead atoms. The Morgan fingerprint density at radius 1 is 1.11 bits per heavy atom. The molecule has 1 heterocycles. The summed E-state index contributed by atoms with van der Waals surface area (Å²) in [4.78, 5) is 1.97. The van der Waals surface area contributed by atoms with Crippen LogP contribution in [0.15, 0.2) is 24.3 Å². The fourth-order valence-corrected chi connectivity index (χ4v) is 2.97. The fourth-order valence-electron chi connectivity index (χ4n) is 2.97. The van der Waals surface area contributed by atoms with Crippen LogP contribution in [0.1, 0.15) is 5.56 Å². The van der Waals surface area contributed by atoms with Gasteiger partial charge in [0.2, 0.25) is 0 Å². The van der Waals surface area contributed by atoms with Crippen LogP contribution in [0.3, 0.4) is 0 Å². The van der Waals surface area contributed by atoms with E-state index in [1.165, 1.54) is 0 Å². The predicted octanol–water partition coefficient (Wildman–Crippen LogP) is 2.80. The molecule has 0 radical (unpaired) electrons. The maximum Gasteiger partial charge on any atom is 0.392 e. The molecule has 2 atom stereocenters. The summed E-state index contributed by atoms with van der Waals surface area (Å²) >= 11 is 0. The first-order valence-corrected chi connectivity index (χ1v) is 5.82. The first-order valence-electron chi connectivity index (χ1n) is 5.82. The summed E-state index contributed by atoms with van der Waals surface area (Å²) in [7, 11) is 0. The van der Waals surface area contributed by atoms with E-state index in [2.05, 4.69) is 0 Å². The molecule has 1 saturated heterocycles. The minimum atomic E-state index is -4.04. The van der Waals surface area contributed by atoms with Crippen LogP contribution in [0.5, 0.6) is 0 Å². The van der Waals surface area contributed by atoms with Gasteiger partial charge in [-0.25, -0.2) is 0 Å². The number of rotatable bonds is 1. The highest BCUT2D eigenvalue weighted by molar-refractivity contribution is 5.51. The smallest absolute Gasteiger partial charge is 0.371 e. The number of piperidine rings is 1. The van der Waals surface area contributed by atoms with Gasteiger partial charge in [-0.05, 0) is 36.1 Å². The molecule has 5 heteroatoms. The van der Waals surface area contributed by atoms with E-state index in [1.807, 2.05) is 11.0 Å². The van der Waals surface area contributed by atoms with Crippen molar-refractivity contribution in [2.24, 2.45) is 17.8 Å². The molecule has 0 aromatic heterocycles. The molecule has 0 N–H and O–H groups in total. The molecule has 18 heavy (non-hydrogen) atoms. The third-order valence-electron chi connectivity index (χ3n) is 3.93. The van der Waals surface area contributed by atoms with Gasteiger partial charge in [0, 0.05) is 18.8 Å². The van der Waals surface area contributed by atoms with E-state index in [0.717, 1.165) is 5.69 Å². The summed E-state index contributed by atoms with van der Waals surface area (Å²) in [5, 5.41) is 8.68. The number of nitriles is 1. The lowest BCUT2D eigenvalue weighted by molar-refractivity contribution is -0.154. The molecular weight excluding hydrogens is 241 g/mol. The minimum absolute atomic E-state index is 0.236. The highest BCUT2D eigenvalue weighted by atomic mass is 19.4. The molecule has 94 valence electrons. The number of benzene rings is 1. The van der Waals surface area contributed by atoms with Gasteiger partial charge < -0.3 is 4.90 Å². The Morgan fingerprint density at radius 3 is 2.11 bits per heavy atom. The van der Waals surface area contributed by atoms with Crippen LogP contribution in [0.25, 0.3) is 0 Å². The van der Waals surface area contributed by atoms with Crippen molar-refractivity contribution < 1.29 is 13.2 Å². The van der Waals surface area contributed by atoms with Gasteiger partial charge in [0.05, 0.1) is 17.6 Å². The summed E-state index contributed by atoms with van der Waals surface area (Å²) in [5.74, 6) is -1.56. The number of fused-ring (bicyclic) bond motifs is 1. The normalized spacial score (nSPS) is 29.9. The van der Waals surface area contributed by atoms with Gasteiger partial charge in [0.25, 0.3) is 0 Å². The largest absolute Gasteiger partial charge is 0.392 e. The van der Waals surface area contributed by atoms with Crippen LogP contribution >= 0.6 is 0 Å². The Morgan fingerprint density at radius 2 is 1.67 bits per heavy atom. The second-order valence-corrected chi connectivity index (χ2v) is 4.96. The van der Waals surface area contributed by atoms with Crippen LogP contribution in [0.2, 0.25) is 0 Å². The molecule has 1 aromatic rings. The van der Waals surface area contributed by atoms with Crippen molar-refractivity contribution in [2.45, 2.75) is 6.18 Å². The van der Waals surface area contributed by atoms with Crippen molar-refractivity contribution in [1.29, 1.82) is 5.26 Å². The average molecular weight is 252 g/mol. The lowest BCUT2D eigenvalue weighted by atomic mass is 10.2. The van der Waals surface area contributed by atoms with Gasteiger partial charge in [-0.3, -0.25) is 0 Å². The first kappa shape index (κ1) is 11.4. The van der Waals surface area contributed by atoms with Crippen molar-refractivity contribution in [3.05, 3.63) is 29.8 Å². The Labute approximate surface area is 103 Å². The molecule has 2 aliphatic rings. The molecule has 1 aliphatic carbocycles. The number of hydrogen-bond acceptors (Lipinski definition) is 2. The lowest BCUT2D eigenvalue weighted by Gasteiger charge is -2.22. The summed E-state index contributed by atoms with van der Waals surface area (Å²) < 4.78 is 37.6. The molecule has 0 spiro atoms. The Bertz CT molecular complexity index is 488. The number of halogens is 3. The van der Waals surface area contributed by atoms with Crippen molar-refractivity contribution >= 4 is 5.69 Å². The van der Waals surface area contributed by atoms with Gasteiger partial charge in [-0.2, -0.15) is 18.4 Å². The summed E-state index contributed by atoms with van der Waals surface area (Å²) in [5.41, 5.74) is 1.47. The number of hydrogen-bond donors (Lipinski definition) is 0. The molecule has 2 nitrogen and oxygen atoms in total. The third-order valence-corrected chi connectivity index (χ3v) is 3.93.